The molecule has 3 nitrogen and oxygen atoms in total. The molecule has 0 aliphatic carbocycles. The summed E-state index contributed by atoms with van der Waals surface area (Å²) in [6, 6.07) is 11.1. The molecule has 0 spiro atoms. The van der Waals surface area contributed by atoms with E-state index in [1.165, 1.54) is 0 Å². The van der Waals surface area contributed by atoms with Gasteiger partial charge in [-0.2, -0.15) is 0 Å². The van der Waals surface area contributed by atoms with Gasteiger partial charge >= 0.3 is 0 Å². The van der Waals surface area contributed by atoms with Crippen molar-refractivity contribution in [1.29, 1.82) is 0 Å². The van der Waals surface area contributed by atoms with E-state index in [4.69, 9.17) is 22.1 Å². The van der Waals surface area contributed by atoms with Crippen LogP contribution in [0.1, 0.15) is 11.3 Å². The van der Waals surface area contributed by atoms with Gasteiger partial charge in [0, 0.05) is 10.7 Å². The van der Waals surface area contributed by atoms with Crippen molar-refractivity contribution in [2.75, 3.05) is 5.73 Å². The average molecular weight is 249 g/mol. The Hall–Kier alpha value is -1.74. The molecule has 2 aromatic rings. The summed E-state index contributed by atoms with van der Waals surface area (Å²) in [6.45, 7) is 2.33. The molecular weight excluding hydrogens is 236 g/mol. The standard InChI is InChI=1S/C13H13ClN2O/c1-9-2-7-12(15)13(16-9)17-8-10-3-5-11(14)6-4-10/h2-7H,8,15H2,1H3. The van der Waals surface area contributed by atoms with Crippen LogP contribution in [-0.2, 0) is 6.61 Å². The molecule has 0 aliphatic heterocycles. The van der Waals surface area contributed by atoms with E-state index in [1.807, 2.05) is 37.3 Å². The third-order valence-electron chi connectivity index (χ3n) is 2.32. The Bertz CT molecular complexity index is 511. The van der Waals surface area contributed by atoms with Crippen LogP contribution < -0.4 is 10.5 Å². The van der Waals surface area contributed by atoms with Crippen molar-refractivity contribution in [1.82, 2.24) is 4.98 Å². The number of nitrogens with two attached hydrogens (primary N) is 1. The molecule has 17 heavy (non-hydrogen) atoms. The highest BCUT2D eigenvalue weighted by Gasteiger charge is 2.03. The minimum atomic E-state index is 0.428. The smallest absolute Gasteiger partial charge is 0.237 e. The van der Waals surface area contributed by atoms with Crippen LogP contribution in [0.3, 0.4) is 0 Å². The highest BCUT2D eigenvalue weighted by atomic mass is 35.5. The first-order valence-corrected chi connectivity index (χ1v) is 5.63. The largest absolute Gasteiger partial charge is 0.471 e. The second kappa shape index (κ2) is 5.06. The summed E-state index contributed by atoms with van der Waals surface area (Å²) in [7, 11) is 0. The lowest BCUT2D eigenvalue weighted by atomic mass is 10.2. The van der Waals surface area contributed by atoms with Crippen molar-refractivity contribution < 1.29 is 4.74 Å². The van der Waals surface area contributed by atoms with Crippen molar-refractivity contribution in [3.8, 4) is 5.88 Å². The summed E-state index contributed by atoms with van der Waals surface area (Å²) < 4.78 is 5.56. The van der Waals surface area contributed by atoms with Crippen LogP contribution in [0, 0.1) is 6.92 Å². The first-order valence-electron chi connectivity index (χ1n) is 5.25. The molecule has 0 bridgehead atoms. The van der Waals surface area contributed by atoms with Gasteiger partial charge in [0.1, 0.15) is 6.61 Å². The van der Waals surface area contributed by atoms with Gasteiger partial charge in [-0.05, 0) is 36.8 Å². The van der Waals surface area contributed by atoms with Gasteiger partial charge in [-0.1, -0.05) is 23.7 Å². The zero-order valence-electron chi connectivity index (χ0n) is 9.48. The summed E-state index contributed by atoms with van der Waals surface area (Å²) in [4.78, 5) is 4.23. The van der Waals surface area contributed by atoms with E-state index in [-0.39, 0.29) is 0 Å². The minimum absolute atomic E-state index is 0.428. The fourth-order valence-electron chi connectivity index (χ4n) is 1.39. The number of aromatic nitrogens is 1. The summed E-state index contributed by atoms with van der Waals surface area (Å²) in [5.41, 5.74) is 8.22. The van der Waals surface area contributed by atoms with E-state index in [0.717, 1.165) is 11.3 Å². The Morgan fingerprint density at radius 1 is 1.18 bits per heavy atom. The van der Waals surface area contributed by atoms with E-state index in [2.05, 4.69) is 4.98 Å². The minimum Gasteiger partial charge on any atom is -0.471 e. The van der Waals surface area contributed by atoms with Gasteiger partial charge in [-0.25, -0.2) is 4.98 Å². The number of hydrogen-bond acceptors (Lipinski definition) is 3. The normalized spacial score (nSPS) is 10.2. The number of rotatable bonds is 3. The third kappa shape index (κ3) is 3.11. The Balaban J connectivity index is 2.07. The Labute approximate surface area is 105 Å². The van der Waals surface area contributed by atoms with E-state index in [0.29, 0.717) is 23.2 Å². The van der Waals surface area contributed by atoms with Crippen LogP contribution >= 0.6 is 11.6 Å². The first-order chi connectivity index (χ1) is 8.15. The molecule has 0 amide bonds. The highest BCUT2D eigenvalue weighted by Crippen LogP contribution is 2.19. The van der Waals surface area contributed by atoms with E-state index >= 15 is 0 Å². The first kappa shape index (κ1) is 11.7. The molecule has 0 aliphatic rings. The van der Waals surface area contributed by atoms with E-state index in [1.54, 1.807) is 6.07 Å². The van der Waals surface area contributed by atoms with Gasteiger partial charge in [0.05, 0.1) is 5.69 Å². The number of nitrogens with zero attached hydrogens (tertiary/aromatic N) is 1. The summed E-state index contributed by atoms with van der Waals surface area (Å²) >= 11 is 5.80. The molecule has 0 saturated heterocycles. The average Bonchev–Trinajstić information content (AvgIpc) is 2.32. The molecule has 0 radical (unpaired) electrons. The predicted octanol–water partition coefficient (Wildman–Crippen LogP) is 3.20. The molecule has 0 saturated carbocycles. The SMILES string of the molecule is Cc1ccc(N)c(OCc2ccc(Cl)cc2)n1. The van der Waals surface area contributed by atoms with Gasteiger partial charge < -0.3 is 10.5 Å². The van der Waals surface area contributed by atoms with Crippen LogP contribution in [0.25, 0.3) is 0 Å². The van der Waals surface area contributed by atoms with Crippen molar-refractivity contribution >= 4 is 17.3 Å². The number of benzene rings is 1. The zero-order valence-corrected chi connectivity index (χ0v) is 10.2. The van der Waals surface area contributed by atoms with Gasteiger partial charge in [0.15, 0.2) is 0 Å². The monoisotopic (exact) mass is 248 g/mol. The second-order valence-electron chi connectivity index (χ2n) is 3.76. The maximum absolute atomic E-state index is 5.80. The molecule has 2 N–H and O–H groups in total. The van der Waals surface area contributed by atoms with Gasteiger partial charge in [-0.15, -0.1) is 0 Å². The van der Waals surface area contributed by atoms with Crippen LogP contribution in [0.15, 0.2) is 36.4 Å². The van der Waals surface area contributed by atoms with Crippen LogP contribution in [-0.4, -0.2) is 4.98 Å². The second-order valence-corrected chi connectivity index (χ2v) is 4.20. The molecule has 88 valence electrons. The molecule has 0 atom stereocenters. The zero-order chi connectivity index (χ0) is 12.3. The van der Waals surface area contributed by atoms with E-state index in [9.17, 15) is 0 Å². The van der Waals surface area contributed by atoms with Crippen LogP contribution in [0.4, 0.5) is 5.69 Å². The Kier molecular flexibility index (Phi) is 3.49. The number of halogens is 1. The fraction of sp³-hybridized carbons (Fsp3) is 0.154. The fourth-order valence-corrected chi connectivity index (χ4v) is 1.52. The van der Waals surface area contributed by atoms with Gasteiger partial charge in [0.2, 0.25) is 5.88 Å². The molecule has 0 unspecified atom stereocenters. The maximum Gasteiger partial charge on any atom is 0.237 e. The summed E-state index contributed by atoms with van der Waals surface area (Å²) in [5.74, 6) is 0.472. The molecule has 1 heterocycles. The van der Waals surface area contributed by atoms with Crippen molar-refractivity contribution in [2.24, 2.45) is 0 Å². The number of nitrogen functional groups attached to an aromatic ring is 1. The lowest BCUT2D eigenvalue weighted by Gasteiger charge is -2.08. The summed E-state index contributed by atoms with van der Waals surface area (Å²) in [6.07, 6.45) is 0. The van der Waals surface area contributed by atoms with Crippen molar-refractivity contribution in [3.05, 3.63) is 52.7 Å². The lowest BCUT2D eigenvalue weighted by Crippen LogP contribution is -2.01. The molecule has 2 rings (SSSR count). The quantitative estimate of drug-likeness (QED) is 0.907. The number of hydrogen-bond donors (Lipinski definition) is 1. The number of ether oxygens (including phenoxy) is 1. The van der Waals surface area contributed by atoms with Crippen molar-refractivity contribution in [3.63, 3.8) is 0 Å². The molecular formula is C13H13ClN2O. The predicted molar refractivity (Wildman–Crippen MR) is 69.2 cm³/mol. The number of pyridine rings is 1. The van der Waals surface area contributed by atoms with Gasteiger partial charge in [-0.3, -0.25) is 0 Å². The topological polar surface area (TPSA) is 48.1 Å². The van der Waals surface area contributed by atoms with Crippen molar-refractivity contribution in [2.45, 2.75) is 13.5 Å². The van der Waals surface area contributed by atoms with Crippen LogP contribution in [0.2, 0.25) is 5.02 Å². The molecule has 1 aromatic heterocycles. The van der Waals surface area contributed by atoms with Crippen LogP contribution in [0.5, 0.6) is 5.88 Å². The summed E-state index contributed by atoms with van der Waals surface area (Å²) in [5, 5.41) is 0.710. The number of anilines is 1. The molecule has 4 heteroatoms. The highest BCUT2D eigenvalue weighted by molar-refractivity contribution is 6.30. The molecule has 0 fully saturated rings. The lowest BCUT2D eigenvalue weighted by molar-refractivity contribution is 0.295. The Morgan fingerprint density at radius 3 is 2.59 bits per heavy atom. The van der Waals surface area contributed by atoms with Gasteiger partial charge in [0.25, 0.3) is 0 Å². The van der Waals surface area contributed by atoms with E-state index < -0.39 is 0 Å². The Morgan fingerprint density at radius 2 is 1.88 bits per heavy atom. The number of aryl methyl sites for hydroxylation is 1. The third-order valence-corrected chi connectivity index (χ3v) is 2.57. The maximum atomic E-state index is 5.80. The molecule has 1 aromatic carbocycles.